The van der Waals surface area contributed by atoms with Crippen LogP contribution in [0.4, 0.5) is 11.4 Å². The number of benzene rings is 3. The zero-order chi connectivity index (χ0) is 23.5. The summed E-state index contributed by atoms with van der Waals surface area (Å²) in [7, 11) is 1.63. The van der Waals surface area contributed by atoms with Crippen molar-refractivity contribution in [1.82, 2.24) is 14.8 Å². The van der Waals surface area contributed by atoms with Crippen molar-refractivity contribution in [2.45, 2.75) is 0 Å². The summed E-state index contributed by atoms with van der Waals surface area (Å²) in [6, 6.07) is 24.8. The molecule has 2 heterocycles. The van der Waals surface area contributed by atoms with E-state index in [1.54, 1.807) is 7.11 Å². The Morgan fingerprint density at radius 3 is 2.38 bits per heavy atom. The molecule has 34 heavy (non-hydrogen) atoms. The lowest BCUT2D eigenvalue weighted by Gasteiger charge is -2.00. The van der Waals surface area contributed by atoms with Gasteiger partial charge in [-0.2, -0.15) is 9.80 Å². The number of azo groups is 1. The Hall–Kier alpha value is -3.57. The lowest BCUT2D eigenvalue weighted by Crippen LogP contribution is -2.13. The first-order valence-corrected chi connectivity index (χ1v) is 12.3. The van der Waals surface area contributed by atoms with Crippen LogP contribution >= 0.6 is 33.9 Å². The first kappa shape index (κ1) is 22.2. The summed E-state index contributed by atoms with van der Waals surface area (Å²) >= 11 is 3.60. The van der Waals surface area contributed by atoms with Gasteiger partial charge in [-0.1, -0.05) is 30.3 Å². The maximum absolute atomic E-state index is 13.4. The second-order valence-corrected chi connectivity index (χ2v) is 9.34. The summed E-state index contributed by atoms with van der Waals surface area (Å²) in [6.45, 7) is 0. The van der Waals surface area contributed by atoms with Crippen LogP contribution in [0.1, 0.15) is 0 Å². The average molecular weight is 579 g/mol. The van der Waals surface area contributed by atoms with Crippen molar-refractivity contribution < 1.29 is 4.74 Å². The molecule has 9 heteroatoms. The summed E-state index contributed by atoms with van der Waals surface area (Å²) < 4.78 is 7.74. The molecule has 5 rings (SSSR count). The third kappa shape index (κ3) is 4.57. The van der Waals surface area contributed by atoms with E-state index in [0.717, 1.165) is 26.1 Å². The maximum atomic E-state index is 13.4. The van der Waals surface area contributed by atoms with Crippen LogP contribution in [-0.4, -0.2) is 21.9 Å². The third-order valence-corrected chi connectivity index (χ3v) is 6.63. The predicted molar refractivity (Wildman–Crippen MR) is 143 cm³/mol. The van der Waals surface area contributed by atoms with Gasteiger partial charge in [-0.25, -0.2) is 4.98 Å². The molecular weight excluding hydrogens is 561 g/mol. The Morgan fingerprint density at radius 1 is 0.941 bits per heavy atom. The van der Waals surface area contributed by atoms with E-state index in [-0.39, 0.29) is 11.2 Å². The van der Waals surface area contributed by atoms with Crippen LogP contribution in [0.3, 0.4) is 0 Å². The van der Waals surface area contributed by atoms with Crippen molar-refractivity contribution in [3.05, 3.63) is 98.2 Å². The van der Waals surface area contributed by atoms with E-state index < -0.39 is 0 Å². The van der Waals surface area contributed by atoms with Gasteiger partial charge in [0.25, 0.3) is 0 Å². The highest BCUT2D eigenvalue weighted by Gasteiger charge is 2.19. The highest BCUT2D eigenvalue weighted by molar-refractivity contribution is 14.1. The van der Waals surface area contributed by atoms with Crippen molar-refractivity contribution in [3.63, 3.8) is 0 Å². The molecule has 0 unspecified atom stereocenters. The Kier molecular flexibility index (Phi) is 6.37. The number of thiazole rings is 1. The molecule has 0 amide bonds. The minimum absolute atomic E-state index is 0.228. The number of H-pyrrole nitrogens is 1. The SMILES string of the molecule is COc1ccc(-c2csc(-n3[nH]c(-c4ccccc4)c(N=Nc4ccc(I)cc4)c3=O)n2)cc1. The maximum Gasteiger partial charge on any atom is 0.301 e. The summed E-state index contributed by atoms with van der Waals surface area (Å²) in [5.74, 6) is 0.774. The van der Waals surface area contributed by atoms with Gasteiger partial charge in [0, 0.05) is 20.1 Å². The highest BCUT2D eigenvalue weighted by atomic mass is 127. The molecule has 0 bridgehead atoms. The van der Waals surface area contributed by atoms with Crippen LogP contribution in [0, 0.1) is 3.57 Å². The fourth-order valence-electron chi connectivity index (χ4n) is 3.34. The summed E-state index contributed by atoms with van der Waals surface area (Å²) in [6.07, 6.45) is 0. The molecule has 5 aromatic rings. The fraction of sp³-hybridized carbons (Fsp3) is 0.0400. The van der Waals surface area contributed by atoms with Crippen molar-refractivity contribution in [2.75, 3.05) is 7.11 Å². The normalized spacial score (nSPS) is 11.2. The number of ether oxygens (including phenoxy) is 1. The van der Waals surface area contributed by atoms with Crippen LogP contribution < -0.4 is 10.3 Å². The van der Waals surface area contributed by atoms with Crippen molar-refractivity contribution in [3.8, 4) is 33.4 Å². The summed E-state index contributed by atoms with van der Waals surface area (Å²) in [4.78, 5) is 18.1. The lowest BCUT2D eigenvalue weighted by atomic mass is 10.1. The van der Waals surface area contributed by atoms with Crippen LogP contribution in [-0.2, 0) is 0 Å². The number of hydrogen-bond donors (Lipinski definition) is 1. The molecule has 0 aliphatic heterocycles. The molecule has 0 fully saturated rings. The Morgan fingerprint density at radius 2 is 1.68 bits per heavy atom. The predicted octanol–water partition coefficient (Wildman–Crippen LogP) is 6.98. The van der Waals surface area contributed by atoms with Gasteiger partial charge >= 0.3 is 5.56 Å². The number of rotatable bonds is 6. The van der Waals surface area contributed by atoms with E-state index in [1.807, 2.05) is 84.2 Å². The van der Waals surface area contributed by atoms with Gasteiger partial charge in [0.2, 0.25) is 5.13 Å². The molecule has 1 N–H and O–H groups in total. The smallest absolute Gasteiger partial charge is 0.301 e. The lowest BCUT2D eigenvalue weighted by molar-refractivity contribution is 0.415. The van der Waals surface area contributed by atoms with Gasteiger partial charge in [0.05, 0.1) is 24.2 Å². The van der Waals surface area contributed by atoms with Crippen molar-refractivity contribution in [2.24, 2.45) is 10.2 Å². The first-order valence-electron chi connectivity index (χ1n) is 10.3. The summed E-state index contributed by atoms with van der Waals surface area (Å²) in [5.41, 5.74) is 3.71. The average Bonchev–Trinajstić information content (AvgIpc) is 3.49. The van der Waals surface area contributed by atoms with Gasteiger partial charge in [-0.05, 0) is 71.1 Å². The van der Waals surface area contributed by atoms with Gasteiger partial charge in [-0.15, -0.1) is 16.5 Å². The Bertz CT molecular complexity index is 1500. The monoisotopic (exact) mass is 579 g/mol. The van der Waals surface area contributed by atoms with Crippen LogP contribution in [0.2, 0.25) is 0 Å². The molecule has 0 saturated heterocycles. The number of hydrogen-bond acceptors (Lipinski definition) is 6. The van der Waals surface area contributed by atoms with E-state index in [0.29, 0.717) is 16.5 Å². The third-order valence-electron chi connectivity index (χ3n) is 5.09. The number of aromatic nitrogens is 3. The van der Waals surface area contributed by atoms with E-state index in [9.17, 15) is 4.79 Å². The fourth-order valence-corrected chi connectivity index (χ4v) is 4.49. The van der Waals surface area contributed by atoms with Crippen molar-refractivity contribution in [1.29, 1.82) is 0 Å². The van der Waals surface area contributed by atoms with E-state index in [1.165, 1.54) is 16.0 Å². The van der Waals surface area contributed by atoms with Gasteiger partial charge in [0.15, 0.2) is 5.69 Å². The Balaban J connectivity index is 1.56. The molecule has 3 aromatic carbocycles. The summed E-state index contributed by atoms with van der Waals surface area (Å²) in [5, 5.41) is 14.3. The zero-order valence-corrected chi connectivity index (χ0v) is 20.9. The molecule has 0 saturated carbocycles. The largest absolute Gasteiger partial charge is 0.497 e. The number of nitrogens with one attached hydrogen (secondary N) is 1. The van der Waals surface area contributed by atoms with Crippen molar-refractivity contribution >= 4 is 45.3 Å². The molecule has 0 aliphatic carbocycles. The number of nitrogens with zero attached hydrogens (tertiary/aromatic N) is 4. The van der Waals surface area contributed by atoms with Gasteiger partial charge in [-0.3, -0.25) is 9.89 Å². The molecule has 2 aromatic heterocycles. The number of methoxy groups -OCH3 is 1. The van der Waals surface area contributed by atoms with E-state index in [4.69, 9.17) is 4.74 Å². The van der Waals surface area contributed by atoms with Crippen LogP contribution in [0.15, 0.2) is 99.3 Å². The van der Waals surface area contributed by atoms with E-state index in [2.05, 4.69) is 42.9 Å². The van der Waals surface area contributed by atoms with Crippen LogP contribution in [0.25, 0.3) is 27.6 Å². The molecule has 0 aliphatic rings. The second-order valence-electron chi connectivity index (χ2n) is 7.26. The zero-order valence-electron chi connectivity index (χ0n) is 18.0. The highest BCUT2D eigenvalue weighted by Crippen LogP contribution is 2.30. The minimum atomic E-state index is -0.316. The minimum Gasteiger partial charge on any atom is -0.497 e. The molecule has 7 nitrogen and oxygen atoms in total. The number of aromatic amines is 1. The van der Waals surface area contributed by atoms with Crippen LogP contribution in [0.5, 0.6) is 5.75 Å². The van der Waals surface area contributed by atoms with E-state index >= 15 is 0 Å². The number of halogens is 1. The Labute approximate surface area is 212 Å². The first-order chi connectivity index (χ1) is 16.6. The van der Waals surface area contributed by atoms with Gasteiger partial charge < -0.3 is 4.74 Å². The quantitative estimate of drug-likeness (QED) is 0.174. The standard InChI is InChI=1S/C25H18IN5O2S/c1-33-20-13-7-16(8-14-20)21-15-34-25(27-21)31-24(32)23(22(30-31)17-5-3-2-4-6-17)29-28-19-11-9-18(26)10-12-19/h2-15,30H,1H3. The molecule has 0 radical (unpaired) electrons. The second kappa shape index (κ2) is 9.74. The van der Waals surface area contributed by atoms with Gasteiger partial charge in [0.1, 0.15) is 5.75 Å². The molecule has 168 valence electrons. The molecular formula is C25H18IN5O2S. The molecule has 0 atom stereocenters. The molecule has 0 spiro atoms. The topological polar surface area (TPSA) is 84.6 Å².